The van der Waals surface area contributed by atoms with Crippen LogP contribution in [0, 0.1) is 11.7 Å². The fourth-order valence-electron chi connectivity index (χ4n) is 3.45. The molecule has 3 aromatic rings. The number of benzene rings is 1. The Bertz CT molecular complexity index is 981. The van der Waals surface area contributed by atoms with Crippen molar-refractivity contribution in [3.05, 3.63) is 63.9 Å². The second-order valence-corrected chi connectivity index (χ2v) is 9.86. The van der Waals surface area contributed by atoms with Crippen molar-refractivity contribution in [3.63, 3.8) is 0 Å². The van der Waals surface area contributed by atoms with Crippen LogP contribution < -0.4 is 5.32 Å². The first-order chi connectivity index (χ1) is 14.5. The number of halogens is 1. The number of rotatable bonds is 9. The Kier molecular flexibility index (Phi) is 6.53. The van der Waals surface area contributed by atoms with E-state index in [2.05, 4.69) is 31.5 Å². The van der Waals surface area contributed by atoms with Gasteiger partial charge >= 0.3 is 0 Å². The summed E-state index contributed by atoms with van der Waals surface area (Å²) in [5, 5.41) is 14.7. The number of carbonyl (C=O) groups is 1. The predicted octanol–water partition coefficient (Wildman–Crippen LogP) is 5.01. The van der Waals surface area contributed by atoms with Gasteiger partial charge in [0.05, 0.1) is 11.8 Å². The Morgan fingerprint density at radius 1 is 1.27 bits per heavy atom. The SMILES string of the molecule is CC(C)C(NC(=O)CSc1nnc(Cc2cccs2)n1C1CC1)c1ccc(F)cc1. The molecule has 2 heterocycles. The smallest absolute Gasteiger partial charge is 0.230 e. The summed E-state index contributed by atoms with van der Waals surface area (Å²) in [7, 11) is 0. The van der Waals surface area contributed by atoms with Gasteiger partial charge in [-0.05, 0) is 47.9 Å². The van der Waals surface area contributed by atoms with E-state index >= 15 is 0 Å². The standard InChI is InChI=1S/C22H25FN4OS2/c1-14(2)21(15-5-7-16(23)8-6-15)24-20(28)13-30-22-26-25-19(27(22)17-9-10-17)12-18-4-3-11-29-18/h3-8,11,14,17,21H,9-10,12-13H2,1-2H3,(H,24,28). The zero-order valence-electron chi connectivity index (χ0n) is 17.0. The summed E-state index contributed by atoms with van der Waals surface area (Å²) in [6.07, 6.45) is 3.04. The van der Waals surface area contributed by atoms with Crippen LogP contribution in [0.4, 0.5) is 4.39 Å². The number of nitrogens with zero attached hydrogens (tertiary/aromatic N) is 3. The van der Waals surface area contributed by atoms with E-state index < -0.39 is 0 Å². The number of hydrogen-bond acceptors (Lipinski definition) is 5. The highest BCUT2D eigenvalue weighted by molar-refractivity contribution is 7.99. The van der Waals surface area contributed by atoms with Gasteiger partial charge in [-0.2, -0.15) is 0 Å². The van der Waals surface area contributed by atoms with Gasteiger partial charge in [0.2, 0.25) is 5.91 Å². The fourth-order valence-corrected chi connectivity index (χ4v) is 4.98. The van der Waals surface area contributed by atoms with E-state index in [-0.39, 0.29) is 29.4 Å². The summed E-state index contributed by atoms with van der Waals surface area (Å²) in [5.74, 6) is 1.09. The number of amides is 1. The Labute approximate surface area is 184 Å². The van der Waals surface area contributed by atoms with Gasteiger partial charge in [0, 0.05) is 17.3 Å². The summed E-state index contributed by atoms with van der Waals surface area (Å²) in [6, 6.07) is 10.8. The molecule has 1 saturated carbocycles. The number of carbonyl (C=O) groups excluding carboxylic acids is 1. The van der Waals surface area contributed by atoms with Gasteiger partial charge in [0.25, 0.3) is 0 Å². The first-order valence-electron chi connectivity index (χ1n) is 10.1. The molecule has 1 unspecified atom stereocenters. The average molecular weight is 445 g/mol. The van der Waals surface area contributed by atoms with E-state index in [1.54, 1.807) is 23.5 Å². The van der Waals surface area contributed by atoms with Crippen molar-refractivity contribution in [2.45, 2.75) is 50.4 Å². The summed E-state index contributed by atoms with van der Waals surface area (Å²) < 4.78 is 15.5. The summed E-state index contributed by atoms with van der Waals surface area (Å²) >= 11 is 3.15. The molecule has 1 aromatic carbocycles. The lowest BCUT2D eigenvalue weighted by Gasteiger charge is -2.23. The molecule has 5 nitrogen and oxygen atoms in total. The van der Waals surface area contributed by atoms with Crippen LogP contribution in [-0.4, -0.2) is 26.4 Å². The lowest BCUT2D eigenvalue weighted by Crippen LogP contribution is -2.33. The summed E-state index contributed by atoms with van der Waals surface area (Å²) in [5.41, 5.74) is 0.907. The van der Waals surface area contributed by atoms with Crippen LogP contribution in [0.15, 0.2) is 46.9 Å². The molecule has 30 heavy (non-hydrogen) atoms. The number of thiophene rings is 1. The molecule has 1 fully saturated rings. The predicted molar refractivity (Wildman–Crippen MR) is 118 cm³/mol. The molecular weight excluding hydrogens is 419 g/mol. The molecule has 0 aliphatic heterocycles. The van der Waals surface area contributed by atoms with Crippen LogP contribution in [0.5, 0.6) is 0 Å². The van der Waals surface area contributed by atoms with Crippen LogP contribution in [0.25, 0.3) is 0 Å². The molecule has 1 atom stereocenters. The molecule has 1 aliphatic carbocycles. The van der Waals surface area contributed by atoms with E-state index in [0.717, 1.165) is 35.8 Å². The number of aromatic nitrogens is 3. The molecule has 0 saturated heterocycles. The molecule has 0 radical (unpaired) electrons. The molecule has 1 amide bonds. The van der Waals surface area contributed by atoms with Gasteiger partial charge in [-0.3, -0.25) is 4.79 Å². The van der Waals surface area contributed by atoms with Gasteiger partial charge in [0.1, 0.15) is 11.6 Å². The zero-order chi connectivity index (χ0) is 21.1. The topological polar surface area (TPSA) is 59.8 Å². The lowest BCUT2D eigenvalue weighted by molar-refractivity contribution is -0.119. The third kappa shape index (κ3) is 5.10. The first-order valence-corrected chi connectivity index (χ1v) is 12.0. The van der Waals surface area contributed by atoms with Crippen LogP contribution in [0.1, 0.15) is 55.0 Å². The number of hydrogen-bond donors (Lipinski definition) is 1. The van der Waals surface area contributed by atoms with Gasteiger partial charge in [-0.25, -0.2) is 4.39 Å². The van der Waals surface area contributed by atoms with Gasteiger partial charge < -0.3 is 9.88 Å². The quantitative estimate of drug-likeness (QED) is 0.471. The highest BCUT2D eigenvalue weighted by atomic mass is 32.2. The molecule has 8 heteroatoms. The van der Waals surface area contributed by atoms with E-state index in [1.807, 2.05) is 19.9 Å². The number of nitrogens with one attached hydrogen (secondary N) is 1. The van der Waals surface area contributed by atoms with E-state index in [1.165, 1.54) is 28.8 Å². The Balaban J connectivity index is 1.40. The van der Waals surface area contributed by atoms with Gasteiger partial charge in [-0.1, -0.05) is 43.8 Å². The molecule has 2 aromatic heterocycles. The van der Waals surface area contributed by atoms with Crippen molar-refractivity contribution in [1.82, 2.24) is 20.1 Å². The highest BCUT2D eigenvalue weighted by Crippen LogP contribution is 2.39. The lowest BCUT2D eigenvalue weighted by atomic mass is 9.96. The largest absolute Gasteiger partial charge is 0.348 e. The molecule has 158 valence electrons. The molecule has 1 aliphatic rings. The van der Waals surface area contributed by atoms with Crippen LogP contribution >= 0.6 is 23.1 Å². The van der Waals surface area contributed by atoms with Crippen molar-refractivity contribution in [2.24, 2.45) is 5.92 Å². The summed E-state index contributed by atoms with van der Waals surface area (Å²) in [6.45, 7) is 4.09. The third-order valence-corrected chi connectivity index (χ3v) is 6.92. The van der Waals surface area contributed by atoms with Gasteiger partial charge in [-0.15, -0.1) is 21.5 Å². The van der Waals surface area contributed by atoms with Gasteiger partial charge in [0.15, 0.2) is 5.16 Å². The second-order valence-electron chi connectivity index (χ2n) is 7.89. The van der Waals surface area contributed by atoms with Crippen LogP contribution in [0.3, 0.4) is 0 Å². The second kappa shape index (κ2) is 9.31. The maximum atomic E-state index is 13.2. The molecule has 0 spiro atoms. The Hall–Kier alpha value is -2.19. The molecule has 0 bridgehead atoms. The Morgan fingerprint density at radius 3 is 2.67 bits per heavy atom. The highest BCUT2D eigenvalue weighted by Gasteiger charge is 2.30. The van der Waals surface area contributed by atoms with Crippen LogP contribution in [0.2, 0.25) is 0 Å². The minimum Gasteiger partial charge on any atom is -0.348 e. The fraction of sp³-hybridized carbons (Fsp3) is 0.409. The number of thioether (sulfide) groups is 1. The van der Waals surface area contributed by atoms with E-state index in [4.69, 9.17) is 0 Å². The van der Waals surface area contributed by atoms with Crippen molar-refractivity contribution >= 4 is 29.0 Å². The third-order valence-electron chi connectivity index (χ3n) is 5.10. The molecule has 4 rings (SSSR count). The Morgan fingerprint density at radius 2 is 2.03 bits per heavy atom. The zero-order valence-corrected chi connectivity index (χ0v) is 18.7. The van der Waals surface area contributed by atoms with Crippen LogP contribution in [-0.2, 0) is 11.2 Å². The van der Waals surface area contributed by atoms with Crippen molar-refractivity contribution < 1.29 is 9.18 Å². The monoisotopic (exact) mass is 444 g/mol. The van der Waals surface area contributed by atoms with Crippen molar-refractivity contribution in [3.8, 4) is 0 Å². The maximum Gasteiger partial charge on any atom is 0.230 e. The summed E-state index contributed by atoms with van der Waals surface area (Å²) in [4.78, 5) is 13.9. The van der Waals surface area contributed by atoms with E-state index in [0.29, 0.717) is 6.04 Å². The molecule has 1 N–H and O–H groups in total. The normalized spacial score (nSPS) is 14.8. The minimum absolute atomic E-state index is 0.0619. The first kappa shape index (κ1) is 21.1. The van der Waals surface area contributed by atoms with Crippen molar-refractivity contribution in [1.29, 1.82) is 0 Å². The van der Waals surface area contributed by atoms with E-state index in [9.17, 15) is 9.18 Å². The minimum atomic E-state index is -0.277. The average Bonchev–Trinajstić information content (AvgIpc) is 3.27. The van der Waals surface area contributed by atoms with Crippen molar-refractivity contribution in [2.75, 3.05) is 5.75 Å². The maximum absolute atomic E-state index is 13.2. The molecular formula is C22H25FN4OS2.